The van der Waals surface area contributed by atoms with Gasteiger partial charge >= 0.3 is 0 Å². The van der Waals surface area contributed by atoms with E-state index in [4.69, 9.17) is 5.41 Å². The number of nitrogens with one attached hydrogen (secondary N) is 2. The van der Waals surface area contributed by atoms with Crippen molar-refractivity contribution in [3.05, 3.63) is 102 Å². The highest BCUT2D eigenvalue weighted by Crippen LogP contribution is 2.14. The second kappa shape index (κ2) is 7.97. The van der Waals surface area contributed by atoms with E-state index in [-0.39, 0.29) is 11.5 Å². The standard InChI is InChI=1S/C20H17FN4/c21-17-8-2-1-6-15(17)14-25-20(16-7-5-10-23-13-16)12-18(22)19-9-3-4-11-24-19/h1-13,22,25H,14H2/b20-12-,22-18?. The van der Waals surface area contributed by atoms with Crippen LogP contribution >= 0.6 is 0 Å². The molecular formula is C20H17FN4. The van der Waals surface area contributed by atoms with E-state index in [0.29, 0.717) is 23.5 Å². The molecule has 0 aliphatic rings. The van der Waals surface area contributed by atoms with E-state index in [1.807, 2.05) is 18.2 Å². The van der Waals surface area contributed by atoms with Crippen molar-refractivity contribution < 1.29 is 4.39 Å². The molecule has 3 rings (SSSR count). The number of benzene rings is 1. The summed E-state index contributed by atoms with van der Waals surface area (Å²) in [5.41, 5.74) is 2.89. The molecular weight excluding hydrogens is 315 g/mol. The fraction of sp³-hybridized carbons (Fsp3) is 0.0500. The predicted octanol–water partition coefficient (Wildman–Crippen LogP) is 3.81. The maximum atomic E-state index is 13.8. The van der Waals surface area contributed by atoms with Crippen molar-refractivity contribution in [1.29, 1.82) is 5.41 Å². The number of hydrogen-bond acceptors (Lipinski definition) is 4. The molecule has 0 aliphatic carbocycles. The molecule has 2 heterocycles. The first-order valence-electron chi connectivity index (χ1n) is 7.83. The highest BCUT2D eigenvalue weighted by molar-refractivity contribution is 6.08. The molecule has 0 atom stereocenters. The molecule has 0 fully saturated rings. The first-order valence-corrected chi connectivity index (χ1v) is 7.83. The zero-order valence-corrected chi connectivity index (χ0v) is 13.5. The molecule has 0 radical (unpaired) electrons. The maximum absolute atomic E-state index is 13.8. The van der Waals surface area contributed by atoms with Crippen LogP contribution in [0.15, 0.2) is 79.3 Å². The van der Waals surface area contributed by atoms with Crippen LogP contribution in [0.4, 0.5) is 4.39 Å². The van der Waals surface area contributed by atoms with Crippen molar-refractivity contribution in [1.82, 2.24) is 15.3 Å². The summed E-state index contributed by atoms with van der Waals surface area (Å²) in [4.78, 5) is 8.30. The minimum Gasteiger partial charge on any atom is -0.380 e. The normalized spacial score (nSPS) is 11.2. The zero-order chi connectivity index (χ0) is 17.5. The van der Waals surface area contributed by atoms with E-state index in [1.165, 1.54) is 6.07 Å². The Bertz CT molecular complexity index is 876. The van der Waals surface area contributed by atoms with Gasteiger partial charge in [-0.15, -0.1) is 0 Å². The Morgan fingerprint density at radius 3 is 2.60 bits per heavy atom. The highest BCUT2D eigenvalue weighted by Gasteiger charge is 2.07. The number of nitrogens with zero attached hydrogens (tertiary/aromatic N) is 2. The van der Waals surface area contributed by atoms with Gasteiger partial charge in [0.15, 0.2) is 0 Å². The van der Waals surface area contributed by atoms with Crippen LogP contribution < -0.4 is 5.32 Å². The molecule has 2 N–H and O–H groups in total. The van der Waals surface area contributed by atoms with Crippen molar-refractivity contribution >= 4 is 11.4 Å². The van der Waals surface area contributed by atoms with Crippen LogP contribution in [0.25, 0.3) is 5.70 Å². The molecule has 3 aromatic rings. The van der Waals surface area contributed by atoms with Crippen LogP contribution in [-0.4, -0.2) is 15.7 Å². The second-order valence-electron chi connectivity index (χ2n) is 5.37. The van der Waals surface area contributed by atoms with Gasteiger partial charge in [-0.2, -0.15) is 0 Å². The van der Waals surface area contributed by atoms with E-state index in [9.17, 15) is 4.39 Å². The number of hydrogen-bond donors (Lipinski definition) is 2. The Kier molecular flexibility index (Phi) is 5.26. The van der Waals surface area contributed by atoms with E-state index < -0.39 is 0 Å². The molecule has 25 heavy (non-hydrogen) atoms. The summed E-state index contributed by atoms with van der Waals surface area (Å²) in [6, 6.07) is 15.7. The molecule has 0 amide bonds. The Labute approximate surface area is 145 Å². The minimum atomic E-state index is -0.264. The van der Waals surface area contributed by atoms with E-state index >= 15 is 0 Å². The fourth-order valence-electron chi connectivity index (χ4n) is 2.33. The van der Waals surface area contributed by atoms with Crippen LogP contribution in [0, 0.1) is 11.2 Å². The smallest absolute Gasteiger partial charge is 0.128 e. The molecule has 0 unspecified atom stereocenters. The summed E-state index contributed by atoms with van der Waals surface area (Å²) in [6.45, 7) is 0.308. The lowest BCUT2D eigenvalue weighted by molar-refractivity contribution is 0.605. The number of allylic oxidation sites excluding steroid dienone is 1. The lowest BCUT2D eigenvalue weighted by atomic mass is 10.1. The van der Waals surface area contributed by atoms with Gasteiger partial charge in [0, 0.05) is 42.0 Å². The molecule has 124 valence electrons. The van der Waals surface area contributed by atoms with Crippen LogP contribution in [0.5, 0.6) is 0 Å². The van der Waals surface area contributed by atoms with E-state index in [0.717, 1.165) is 5.56 Å². The topological polar surface area (TPSA) is 61.7 Å². The first kappa shape index (κ1) is 16.5. The monoisotopic (exact) mass is 332 g/mol. The van der Waals surface area contributed by atoms with Gasteiger partial charge in [0.2, 0.25) is 0 Å². The SMILES string of the molecule is N=C(/C=C(\NCc1ccccc1F)c1cccnc1)c1ccccn1. The fourth-order valence-corrected chi connectivity index (χ4v) is 2.33. The third kappa shape index (κ3) is 4.35. The highest BCUT2D eigenvalue weighted by atomic mass is 19.1. The molecule has 0 aliphatic heterocycles. The lowest BCUT2D eigenvalue weighted by Crippen LogP contribution is -2.15. The van der Waals surface area contributed by atoms with Crippen molar-refractivity contribution in [2.24, 2.45) is 0 Å². The summed E-state index contributed by atoms with van der Waals surface area (Å²) < 4.78 is 13.8. The minimum absolute atomic E-state index is 0.264. The number of halogens is 1. The Balaban J connectivity index is 1.87. The summed E-state index contributed by atoms with van der Waals surface area (Å²) in [6.07, 6.45) is 6.71. The summed E-state index contributed by atoms with van der Waals surface area (Å²) >= 11 is 0. The zero-order valence-electron chi connectivity index (χ0n) is 13.5. The van der Waals surface area contributed by atoms with Crippen molar-refractivity contribution in [2.45, 2.75) is 6.54 Å². The molecule has 4 nitrogen and oxygen atoms in total. The Morgan fingerprint density at radius 1 is 1.04 bits per heavy atom. The molecule has 0 saturated carbocycles. The predicted molar refractivity (Wildman–Crippen MR) is 96.5 cm³/mol. The molecule has 1 aromatic carbocycles. The van der Waals surface area contributed by atoms with Gasteiger partial charge in [-0.05, 0) is 36.4 Å². The Morgan fingerprint density at radius 2 is 1.88 bits per heavy atom. The third-order valence-electron chi connectivity index (χ3n) is 3.63. The van der Waals surface area contributed by atoms with Crippen molar-refractivity contribution in [2.75, 3.05) is 0 Å². The second-order valence-corrected chi connectivity index (χ2v) is 5.37. The number of pyridine rings is 2. The van der Waals surface area contributed by atoms with Crippen molar-refractivity contribution in [3.8, 4) is 0 Å². The summed E-state index contributed by atoms with van der Waals surface area (Å²) in [5.74, 6) is -0.264. The average Bonchev–Trinajstić information content (AvgIpc) is 2.67. The summed E-state index contributed by atoms with van der Waals surface area (Å²) in [7, 11) is 0. The molecule has 0 bridgehead atoms. The maximum Gasteiger partial charge on any atom is 0.128 e. The van der Waals surface area contributed by atoms with Crippen LogP contribution in [0.1, 0.15) is 16.8 Å². The van der Waals surface area contributed by atoms with Crippen LogP contribution in [0.3, 0.4) is 0 Å². The molecule has 0 saturated heterocycles. The average molecular weight is 332 g/mol. The van der Waals surface area contributed by atoms with Gasteiger partial charge in [0.05, 0.1) is 11.4 Å². The van der Waals surface area contributed by atoms with Gasteiger partial charge in [-0.25, -0.2) is 4.39 Å². The summed E-state index contributed by atoms with van der Waals surface area (Å²) in [5, 5.41) is 11.5. The van der Waals surface area contributed by atoms with Crippen LogP contribution in [-0.2, 0) is 6.54 Å². The van der Waals surface area contributed by atoms with Crippen LogP contribution in [0.2, 0.25) is 0 Å². The quantitative estimate of drug-likeness (QED) is 0.675. The largest absolute Gasteiger partial charge is 0.380 e. The molecule has 0 spiro atoms. The molecule has 2 aromatic heterocycles. The van der Waals surface area contributed by atoms with E-state index in [2.05, 4.69) is 15.3 Å². The van der Waals surface area contributed by atoms with Crippen molar-refractivity contribution in [3.63, 3.8) is 0 Å². The lowest BCUT2D eigenvalue weighted by Gasteiger charge is -2.12. The third-order valence-corrected chi connectivity index (χ3v) is 3.63. The van der Waals surface area contributed by atoms with Gasteiger partial charge in [0.1, 0.15) is 5.82 Å². The van der Waals surface area contributed by atoms with E-state index in [1.54, 1.807) is 55.0 Å². The van der Waals surface area contributed by atoms with Gasteiger partial charge in [-0.3, -0.25) is 15.4 Å². The Hall–Kier alpha value is -3.34. The number of rotatable bonds is 6. The van der Waals surface area contributed by atoms with Gasteiger partial charge in [-0.1, -0.05) is 24.3 Å². The number of aromatic nitrogens is 2. The van der Waals surface area contributed by atoms with Gasteiger partial charge < -0.3 is 5.32 Å². The van der Waals surface area contributed by atoms with Gasteiger partial charge in [0.25, 0.3) is 0 Å². The first-order chi connectivity index (χ1) is 12.2. The molecule has 5 heteroatoms.